The van der Waals surface area contributed by atoms with Crippen molar-refractivity contribution in [2.75, 3.05) is 0 Å². The van der Waals surface area contributed by atoms with Gasteiger partial charge in [-0.2, -0.15) is 0 Å². The molecule has 1 N–H and O–H groups in total. The summed E-state index contributed by atoms with van der Waals surface area (Å²) < 4.78 is 0. The minimum absolute atomic E-state index is 1.21. The van der Waals surface area contributed by atoms with Crippen LogP contribution in [-0.4, -0.2) is 4.98 Å². The number of benzene rings is 3. The van der Waals surface area contributed by atoms with Crippen molar-refractivity contribution in [3.8, 4) is 0 Å². The predicted molar refractivity (Wildman–Crippen MR) is 87.0 cm³/mol. The number of hydrogen-bond donors (Lipinski definition) is 1. The van der Waals surface area contributed by atoms with Gasteiger partial charge in [0.1, 0.15) is 0 Å². The first-order valence-electron chi connectivity index (χ1n) is 6.81. The van der Waals surface area contributed by atoms with Crippen molar-refractivity contribution >= 4 is 21.7 Å². The zero-order valence-electron chi connectivity index (χ0n) is 11.5. The van der Waals surface area contributed by atoms with E-state index in [0.29, 0.717) is 0 Å². The number of nitrogens with one attached hydrogen (secondary N) is 1. The lowest BCUT2D eigenvalue weighted by Crippen LogP contribution is -1.75. The Morgan fingerprint density at radius 1 is 0.650 bits per heavy atom. The monoisotopic (exact) mass is 259 g/mol. The van der Waals surface area contributed by atoms with Gasteiger partial charge in [0, 0.05) is 11.7 Å². The van der Waals surface area contributed by atoms with E-state index < -0.39 is 0 Å². The van der Waals surface area contributed by atoms with E-state index in [9.17, 15) is 0 Å². The summed E-state index contributed by atoms with van der Waals surface area (Å²) in [5, 5.41) is 3.96. The standard InChI is InChI=1S/C11H10.C8H7N/c1-9-5-4-7-10-6-2-3-8-11(9)10;1-2-4-8-7(3-1)5-6-9-8/h2-8H,1H3;1-6,9H. The zero-order valence-corrected chi connectivity index (χ0v) is 11.5. The molecule has 20 heavy (non-hydrogen) atoms. The van der Waals surface area contributed by atoms with Crippen LogP contribution in [0.2, 0.25) is 0 Å². The van der Waals surface area contributed by atoms with Gasteiger partial charge in [0.05, 0.1) is 0 Å². The number of rotatable bonds is 0. The summed E-state index contributed by atoms with van der Waals surface area (Å²) in [5.74, 6) is 0. The smallest absolute Gasteiger partial charge is 0.0453 e. The first-order chi connectivity index (χ1) is 9.84. The first-order valence-corrected chi connectivity index (χ1v) is 6.81. The van der Waals surface area contributed by atoms with Crippen LogP contribution < -0.4 is 0 Å². The van der Waals surface area contributed by atoms with Crippen molar-refractivity contribution in [2.45, 2.75) is 6.92 Å². The molecule has 0 radical (unpaired) electrons. The van der Waals surface area contributed by atoms with Gasteiger partial charge >= 0.3 is 0 Å². The highest BCUT2D eigenvalue weighted by Gasteiger charge is 1.92. The molecule has 3 aromatic carbocycles. The molecule has 98 valence electrons. The molecule has 0 spiro atoms. The van der Waals surface area contributed by atoms with E-state index in [1.54, 1.807) is 0 Å². The summed E-state index contributed by atoms with van der Waals surface area (Å²) in [5.41, 5.74) is 2.56. The van der Waals surface area contributed by atoms with Crippen LogP contribution in [-0.2, 0) is 0 Å². The number of H-pyrrole nitrogens is 1. The Balaban J connectivity index is 0.000000123. The largest absolute Gasteiger partial charge is 0.361 e. The minimum atomic E-state index is 1.21. The van der Waals surface area contributed by atoms with Crippen LogP contribution in [0.3, 0.4) is 0 Å². The van der Waals surface area contributed by atoms with Crippen LogP contribution in [0.25, 0.3) is 21.7 Å². The van der Waals surface area contributed by atoms with Gasteiger partial charge in [-0.15, -0.1) is 0 Å². The fourth-order valence-electron chi connectivity index (χ4n) is 2.38. The van der Waals surface area contributed by atoms with E-state index in [-0.39, 0.29) is 0 Å². The summed E-state index contributed by atoms with van der Waals surface area (Å²) in [7, 11) is 0. The third-order valence-electron chi connectivity index (χ3n) is 3.47. The number of para-hydroxylation sites is 1. The molecule has 4 aromatic rings. The Bertz CT molecular complexity index is 792. The lowest BCUT2D eigenvalue weighted by atomic mass is 10.1. The van der Waals surface area contributed by atoms with Gasteiger partial charge in [0.15, 0.2) is 0 Å². The molecule has 0 saturated carbocycles. The Hall–Kier alpha value is -2.54. The van der Waals surface area contributed by atoms with E-state index in [0.717, 1.165) is 0 Å². The molecule has 0 aliphatic carbocycles. The van der Waals surface area contributed by atoms with E-state index in [1.165, 1.54) is 27.2 Å². The molecule has 0 fully saturated rings. The molecule has 0 bridgehead atoms. The van der Waals surface area contributed by atoms with Crippen LogP contribution in [0.5, 0.6) is 0 Å². The Kier molecular flexibility index (Phi) is 3.51. The van der Waals surface area contributed by atoms with Gasteiger partial charge in [-0.25, -0.2) is 0 Å². The van der Waals surface area contributed by atoms with Crippen molar-refractivity contribution in [2.24, 2.45) is 0 Å². The van der Waals surface area contributed by atoms with Crippen molar-refractivity contribution in [3.63, 3.8) is 0 Å². The van der Waals surface area contributed by atoms with Gasteiger partial charge in [-0.1, -0.05) is 60.7 Å². The molecule has 1 heteroatoms. The van der Waals surface area contributed by atoms with Gasteiger partial charge in [-0.05, 0) is 40.8 Å². The number of hydrogen-bond acceptors (Lipinski definition) is 0. The maximum atomic E-state index is 3.12. The highest BCUT2D eigenvalue weighted by Crippen LogP contribution is 2.16. The summed E-state index contributed by atoms with van der Waals surface area (Å²) in [6.45, 7) is 2.14. The number of aromatic amines is 1. The van der Waals surface area contributed by atoms with Gasteiger partial charge < -0.3 is 4.98 Å². The van der Waals surface area contributed by atoms with Gasteiger partial charge in [0.25, 0.3) is 0 Å². The topological polar surface area (TPSA) is 15.8 Å². The van der Waals surface area contributed by atoms with Crippen LogP contribution in [0.4, 0.5) is 0 Å². The van der Waals surface area contributed by atoms with Gasteiger partial charge in [-0.3, -0.25) is 0 Å². The lowest BCUT2D eigenvalue weighted by molar-refractivity contribution is 1.48. The summed E-state index contributed by atoms with van der Waals surface area (Å²) in [6, 6.07) is 25.1. The average Bonchev–Trinajstić information content (AvgIpc) is 2.97. The Morgan fingerprint density at radius 2 is 1.35 bits per heavy atom. The molecule has 1 heterocycles. The third kappa shape index (κ3) is 2.57. The highest BCUT2D eigenvalue weighted by molar-refractivity contribution is 5.85. The molecule has 0 saturated heterocycles. The fourth-order valence-corrected chi connectivity index (χ4v) is 2.38. The van der Waals surface area contributed by atoms with E-state index in [4.69, 9.17) is 0 Å². The predicted octanol–water partition coefficient (Wildman–Crippen LogP) is 5.32. The SMILES string of the molecule is Cc1cccc2ccccc12.c1ccc2[nH]ccc2c1. The maximum Gasteiger partial charge on any atom is 0.0453 e. The van der Waals surface area contributed by atoms with Gasteiger partial charge in [0.2, 0.25) is 0 Å². The van der Waals surface area contributed by atoms with E-state index >= 15 is 0 Å². The lowest BCUT2D eigenvalue weighted by Gasteiger charge is -1.98. The number of aryl methyl sites for hydroxylation is 1. The molecule has 1 nitrogen and oxygen atoms in total. The minimum Gasteiger partial charge on any atom is -0.361 e. The maximum absolute atomic E-state index is 3.12. The van der Waals surface area contributed by atoms with Crippen LogP contribution in [0.15, 0.2) is 79.0 Å². The summed E-state index contributed by atoms with van der Waals surface area (Å²) >= 11 is 0. The fraction of sp³-hybridized carbons (Fsp3) is 0.0526. The van der Waals surface area contributed by atoms with Crippen LogP contribution in [0, 0.1) is 6.92 Å². The van der Waals surface area contributed by atoms with Crippen molar-refractivity contribution in [3.05, 3.63) is 84.6 Å². The normalized spacial score (nSPS) is 10.2. The molecule has 0 amide bonds. The molecule has 1 aromatic heterocycles. The van der Waals surface area contributed by atoms with Crippen molar-refractivity contribution in [1.82, 2.24) is 4.98 Å². The summed E-state index contributed by atoms with van der Waals surface area (Å²) in [6.07, 6.45) is 1.95. The second-order valence-electron chi connectivity index (χ2n) is 4.86. The number of fused-ring (bicyclic) bond motifs is 2. The van der Waals surface area contributed by atoms with Crippen LogP contribution in [0.1, 0.15) is 5.56 Å². The molecular weight excluding hydrogens is 242 g/mol. The molecule has 0 aliphatic heterocycles. The van der Waals surface area contributed by atoms with Crippen molar-refractivity contribution < 1.29 is 0 Å². The van der Waals surface area contributed by atoms with E-state index in [2.05, 4.69) is 72.6 Å². The van der Waals surface area contributed by atoms with Crippen LogP contribution >= 0.6 is 0 Å². The van der Waals surface area contributed by atoms with Crippen molar-refractivity contribution in [1.29, 1.82) is 0 Å². The molecule has 0 atom stereocenters. The van der Waals surface area contributed by atoms with E-state index in [1.807, 2.05) is 18.3 Å². The summed E-state index contributed by atoms with van der Waals surface area (Å²) in [4.78, 5) is 3.12. The Morgan fingerprint density at radius 3 is 2.15 bits per heavy atom. The second kappa shape index (κ2) is 5.62. The second-order valence-corrected chi connectivity index (χ2v) is 4.86. The molecule has 0 aliphatic rings. The Labute approximate surface area is 118 Å². The first kappa shape index (κ1) is 12.5. The quantitative estimate of drug-likeness (QED) is 0.440. The molecule has 0 unspecified atom stereocenters. The zero-order chi connectivity index (χ0) is 13.8. The highest BCUT2D eigenvalue weighted by atomic mass is 14.6. The average molecular weight is 259 g/mol. The number of aromatic nitrogens is 1. The molecular formula is C19H17N. The third-order valence-corrected chi connectivity index (χ3v) is 3.47. The molecule has 4 rings (SSSR count).